The SMILES string of the molecule is CCCC1CCC(N2CCC(C(C)N)CC2)CC1. The normalized spacial score (nSPS) is 33.5. The molecule has 106 valence electrons. The molecule has 2 nitrogen and oxygen atoms in total. The van der Waals surface area contributed by atoms with Crippen LogP contribution in [-0.2, 0) is 0 Å². The van der Waals surface area contributed by atoms with Crippen LogP contribution in [-0.4, -0.2) is 30.1 Å². The van der Waals surface area contributed by atoms with Crippen LogP contribution in [0.4, 0.5) is 0 Å². The van der Waals surface area contributed by atoms with Crippen molar-refractivity contribution in [1.82, 2.24) is 4.90 Å². The summed E-state index contributed by atoms with van der Waals surface area (Å²) in [6.45, 7) is 7.10. The molecule has 2 rings (SSSR count). The average molecular weight is 252 g/mol. The molecule has 0 radical (unpaired) electrons. The van der Waals surface area contributed by atoms with Crippen LogP contribution in [0, 0.1) is 11.8 Å². The zero-order valence-corrected chi connectivity index (χ0v) is 12.4. The number of nitrogens with zero attached hydrogens (tertiary/aromatic N) is 1. The van der Waals surface area contributed by atoms with Crippen molar-refractivity contribution in [2.24, 2.45) is 17.6 Å². The van der Waals surface area contributed by atoms with Gasteiger partial charge < -0.3 is 10.6 Å². The summed E-state index contributed by atoms with van der Waals surface area (Å²) in [7, 11) is 0. The molecule has 0 aromatic rings. The van der Waals surface area contributed by atoms with Gasteiger partial charge in [-0.1, -0.05) is 19.8 Å². The first-order chi connectivity index (χ1) is 8.70. The molecule has 1 unspecified atom stereocenters. The Morgan fingerprint density at radius 1 is 1.06 bits per heavy atom. The number of rotatable bonds is 4. The fourth-order valence-electron chi connectivity index (χ4n) is 4.02. The minimum atomic E-state index is 0.396. The van der Waals surface area contributed by atoms with Crippen LogP contribution in [0.1, 0.15) is 65.2 Å². The second kappa shape index (κ2) is 6.91. The van der Waals surface area contributed by atoms with Gasteiger partial charge in [-0.3, -0.25) is 0 Å². The Kier molecular flexibility index (Phi) is 5.50. The van der Waals surface area contributed by atoms with Gasteiger partial charge in [0.15, 0.2) is 0 Å². The van der Waals surface area contributed by atoms with E-state index in [0.717, 1.165) is 17.9 Å². The second-order valence-corrected chi connectivity index (χ2v) is 6.70. The molecule has 2 heteroatoms. The summed E-state index contributed by atoms with van der Waals surface area (Å²) in [6, 6.07) is 1.29. The molecule has 2 aliphatic rings. The van der Waals surface area contributed by atoms with E-state index in [-0.39, 0.29) is 0 Å². The lowest BCUT2D eigenvalue weighted by atomic mass is 9.81. The summed E-state index contributed by atoms with van der Waals surface area (Å²) in [5.41, 5.74) is 6.02. The van der Waals surface area contributed by atoms with Gasteiger partial charge in [-0.2, -0.15) is 0 Å². The Bertz CT molecular complexity index is 223. The van der Waals surface area contributed by atoms with Crippen molar-refractivity contribution in [2.75, 3.05) is 13.1 Å². The van der Waals surface area contributed by atoms with E-state index < -0.39 is 0 Å². The highest BCUT2D eigenvalue weighted by Gasteiger charge is 2.29. The fourth-order valence-corrected chi connectivity index (χ4v) is 4.02. The van der Waals surface area contributed by atoms with Crippen LogP contribution in [0.5, 0.6) is 0 Å². The largest absolute Gasteiger partial charge is 0.328 e. The highest BCUT2D eigenvalue weighted by atomic mass is 15.2. The van der Waals surface area contributed by atoms with Gasteiger partial charge in [-0.05, 0) is 70.4 Å². The van der Waals surface area contributed by atoms with Crippen LogP contribution in [0.3, 0.4) is 0 Å². The maximum Gasteiger partial charge on any atom is 0.00954 e. The molecule has 1 atom stereocenters. The smallest absolute Gasteiger partial charge is 0.00954 e. The van der Waals surface area contributed by atoms with E-state index in [2.05, 4.69) is 18.7 Å². The molecule has 1 heterocycles. The third-order valence-electron chi connectivity index (χ3n) is 5.35. The average Bonchev–Trinajstić information content (AvgIpc) is 2.40. The van der Waals surface area contributed by atoms with E-state index in [1.165, 1.54) is 64.5 Å². The van der Waals surface area contributed by atoms with Crippen LogP contribution < -0.4 is 5.73 Å². The molecule has 2 fully saturated rings. The minimum absolute atomic E-state index is 0.396. The predicted molar refractivity (Wildman–Crippen MR) is 78.6 cm³/mol. The number of hydrogen-bond acceptors (Lipinski definition) is 2. The van der Waals surface area contributed by atoms with Crippen molar-refractivity contribution in [2.45, 2.75) is 77.3 Å². The molecule has 1 aliphatic heterocycles. The third kappa shape index (κ3) is 3.71. The fraction of sp³-hybridized carbons (Fsp3) is 1.00. The predicted octanol–water partition coefficient (Wildman–Crippen LogP) is 3.40. The summed E-state index contributed by atoms with van der Waals surface area (Å²) < 4.78 is 0. The minimum Gasteiger partial charge on any atom is -0.328 e. The van der Waals surface area contributed by atoms with Gasteiger partial charge in [0.05, 0.1) is 0 Å². The first-order valence-corrected chi connectivity index (χ1v) is 8.20. The lowest BCUT2D eigenvalue weighted by molar-refractivity contribution is 0.0882. The molecule has 0 bridgehead atoms. The molecule has 1 aliphatic carbocycles. The van der Waals surface area contributed by atoms with E-state index in [0.29, 0.717) is 6.04 Å². The molecule has 0 spiro atoms. The Labute approximate surface area is 113 Å². The molecule has 1 saturated carbocycles. The summed E-state index contributed by atoms with van der Waals surface area (Å²) >= 11 is 0. The number of hydrogen-bond donors (Lipinski definition) is 1. The van der Waals surface area contributed by atoms with Gasteiger partial charge in [0, 0.05) is 12.1 Å². The van der Waals surface area contributed by atoms with Crippen molar-refractivity contribution in [3.63, 3.8) is 0 Å². The van der Waals surface area contributed by atoms with Crippen molar-refractivity contribution < 1.29 is 0 Å². The van der Waals surface area contributed by atoms with E-state index in [9.17, 15) is 0 Å². The summed E-state index contributed by atoms with van der Waals surface area (Å²) in [4.78, 5) is 2.76. The van der Waals surface area contributed by atoms with Crippen LogP contribution in [0.2, 0.25) is 0 Å². The monoisotopic (exact) mass is 252 g/mol. The molecule has 0 aromatic carbocycles. The van der Waals surface area contributed by atoms with Gasteiger partial charge in [0.1, 0.15) is 0 Å². The lowest BCUT2D eigenvalue weighted by Gasteiger charge is -2.41. The third-order valence-corrected chi connectivity index (χ3v) is 5.35. The first kappa shape index (κ1) is 14.3. The van der Waals surface area contributed by atoms with E-state index in [4.69, 9.17) is 5.73 Å². The standard InChI is InChI=1S/C16H32N2/c1-3-4-14-5-7-16(8-6-14)18-11-9-15(10-12-18)13(2)17/h13-16H,3-12,17H2,1-2H3. The first-order valence-electron chi connectivity index (χ1n) is 8.20. The maximum atomic E-state index is 6.02. The van der Waals surface area contributed by atoms with Gasteiger partial charge in [-0.25, -0.2) is 0 Å². The van der Waals surface area contributed by atoms with E-state index in [1.54, 1.807) is 0 Å². The molecule has 2 N–H and O–H groups in total. The molecule has 18 heavy (non-hydrogen) atoms. The van der Waals surface area contributed by atoms with E-state index in [1.807, 2.05) is 0 Å². The number of likely N-dealkylation sites (tertiary alicyclic amines) is 1. The van der Waals surface area contributed by atoms with Gasteiger partial charge >= 0.3 is 0 Å². The van der Waals surface area contributed by atoms with Gasteiger partial charge in [0.2, 0.25) is 0 Å². The van der Waals surface area contributed by atoms with Gasteiger partial charge in [0.25, 0.3) is 0 Å². The molecule has 0 aromatic heterocycles. The Balaban J connectivity index is 1.71. The zero-order valence-electron chi connectivity index (χ0n) is 12.4. The molecular weight excluding hydrogens is 220 g/mol. The Morgan fingerprint density at radius 3 is 2.17 bits per heavy atom. The highest BCUT2D eigenvalue weighted by molar-refractivity contribution is 4.84. The highest BCUT2D eigenvalue weighted by Crippen LogP contribution is 2.32. The summed E-state index contributed by atoms with van der Waals surface area (Å²) in [5, 5.41) is 0. The maximum absolute atomic E-state index is 6.02. The van der Waals surface area contributed by atoms with E-state index >= 15 is 0 Å². The summed E-state index contributed by atoms with van der Waals surface area (Å²) in [5.74, 6) is 1.81. The molecule has 0 amide bonds. The quantitative estimate of drug-likeness (QED) is 0.831. The Morgan fingerprint density at radius 2 is 1.67 bits per heavy atom. The van der Waals surface area contributed by atoms with Crippen molar-refractivity contribution >= 4 is 0 Å². The Hall–Kier alpha value is -0.0800. The topological polar surface area (TPSA) is 29.3 Å². The van der Waals surface area contributed by atoms with Crippen molar-refractivity contribution in [1.29, 1.82) is 0 Å². The molecule has 1 saturated heterocycles. The lowest BCUT2D eigenvalue weighted by Crippen LogP contribution is -2.45. The second-order valence-electron chi connectivity index (χ2n) is 6.70. The summed E-state index contributed by atoms with van der Waals surface area (Å²) in [6.07, 6.45) is 11.3. The molecular formula is C16H32N2. The van der Waals surface area contributed by atoms with Crippen LogP contribution >= 0.6 is 0 Å². The number of piperidine rings is 1. The van der Waals surface area contributed by atoms with Crippen molar-refractivity contribution in [3.05, 3.63) is 0 Å². The van der Waals surface area contributed by atoms with Crippen LogP contribution in [0.25, 0.3) is 0 Å². The zero-order chi connectivity index (χ0) is 13.0. The van der Waals surface area contributed by atoms with Crippen LogP contribution in [0.15, 0.2) is 0 Å². The van der Waals surface area contributed by atoms with Gasteiger partial charge in [-0.15, -0.1) is 0 Å². The van der Waals surface area contributed by atoms with Crippen molar-refractivity contribution in [3.8, 4) is 0 Å². The number of nitrogens with two attached hydrogens (primary N) is 1.